The Kier molecular flexibility index (Phi) is 3.74. The van der Waals surface area contributed by atoms with Crippen molar-refractivity contribution in [1.29, 1.82) is 0 Å². The number of amides is 1. The maximum atomic E-state index is 12.4. The van der Waals surface area contributed by atoms with Gasteiger partial charge in [-0.15, -0.1) is 0 Å². The molecule has 0 saturated carbocycles. The van der Waals surface area contributed by atoms with Crippen LogP contribution in [0.5, 0.6) is 0 Å². The van der Waals surface area contributed by atoms with Gasteiger partial charge in [0.25, 0.3) is 5.91 Å². The third kappa shape index (κ3) is 2.88. The first kappa shape index (κ1) is 14.5. The Bertz CT molecular complexity index is 826. The molecule has 3 aromatic rings. The molecule has 0 unspecified atom stereocenters. The first-order chi connectivity index (χ1) is 11.8. The molecule has 24 heavy (non-hydrogen) atoms. The van der Waals surface area contributed by atoms with Crippen LogP contribution < -0.4 is 5.32 Å². The topological polar surface area (TPSA) is 76.2 Å². The van der Waals surface area contributed by atoms with Gasteiger partial charge in [-0.2, -0.15) is 0 Å². The van der Waals surface area contributed by atoms with Crippen molar-refractivity contribution >= 4 is 11.7 Å². The van der Waals surface area contributed by atoms with Crippen LogP contribution in [-0.2, 0) is 19.6 Å². The summed E-state index contributed by atoms with van der Waals surface area (Å²) in [4.78, 5) is 23.0. The number of rotatable bonds is 4. The molecule has 0 aromatic carbocycles. The minimum atomic E-state index is -0.0950. The number of furan rings is 1. The maximum Gasteiger partial charge on any atom is 0.290 e. The zero-order valence-electron chi connectivity index (χ0n) is 13.1. The van der Waals surface area contributed by atoms with E-state index in [2.05, 4.69) is 19.9 Å². The van der Waals surface area contributed by atoms with Crippen molar-refractivity contribution in [2.24, 2.45) is 0 Å². The molecule has 1 aliphatic rings. The van der Waals surface area contributed by atoms with Crippen LogP contribution in [0, 0.1) is 0 Å². The SMILES string of the molecule is O=C(c1ccco1)N1CCn2cc(CNc3ccccn3)nc2C1. The lowest BCUT2D eigenvalue weighted by atomic mass is 10.3. The summed E-state index contributed by atoms with van der Waals surface area (Å²) < 4.78 is 7.29. The van der Waals surface area contributed by atoms with E-state index in [9.17, 15) is 4.79 Å². The average molecular weight is 323 g/mol. The Balaban J connectivity index is 1.43. The van der Waals surface area contributed by atoms with Gasteiger partial charge in [-0.25, -0.2) is 9.97 Å². The predicted molar refractivity (Wildman–Crippen MR) is 87.2 cm³/mol. The van der Waals surface area contributed by atoms with Gasteiger partial charge >= 0.3 is 0 Å². The van der Waals surface area contributed by atoms with E-state index in [0.717, 1.165) is 23.9 Å². The standard InChI is InChI=1S/C17H17N5O2/c23-17(14-4-3-9-24-14)22-8-7-21-11-13(20-16(21)12-22)10-19-15-5-1-2-6-18-15/h1-6,9,11H,7-8,10,12H2,(H,18,19). The van der Waals surface area contributed by atoms with Gasteiger partial charge in [0, 0.05) is 25.5 Å². The van der Waals surface area contributed by atoms with Crippen LogP contribution in [0.3, 0.4) is 0 Å². The number of anilines is 1. The number of pyridine rings is 1. The minimum Gasteiger partial charge on any atom is -0.459 e. The second kappa shape index (κ2) is 6.19. The lowest BCUT2D eigenvalue weighted by molar-refractivity contribution is 0.0675. The molecule has 0 aliphatic carbocycles. The van der Waals surface area contributed by atoms with E-state index in [0.29, 0.717) is 25.4 Å². The van der Waals surface area contributed by atoms with Crippen molar-refractivity contribution < 1.29 is 9.21 Å². The van der Waals surface area contributed by atoms with Crippen molar-refractivity contribution in [1.82, 2.24) is 19.4 Å². The number of hydrogen-bond acceptors (Lipinski definition) is 5. The Hall–Kier alpha value is -3.09. The molecule has 0 radical (unpaired) electrons. The normalized spacial score (nSPS) is 13.6. The number of fused-ring (bicyclic) bond motifs is 1. The summed E-state index contributed by atoms with van der Waals surface area (Å²) in [5.41, 5.74) is 0.933. The van der Waals surface area contributed by atoms with Crippen molar-refractivity contribution in [3.8, 4) is 0 Å². The highest BCUT2D eigenvalue weighted by molar-refractivity contribution is 5.91. The highest BCUT2D eigenvalue weighted by atomic mass is 16.3. The van der Waals surface area contributed by atoms with Crippen molar-refractivity contribution in [2.75, 3.05) is 11.9 Å². The number of nitrogens with zero attached hydrogens (tertiary/aromatic N) is 4. The lowest BCUT2D eigenvalue weighted by Crippen LogP contribution is -2.38. The van der Waals surface area contributed by atoms with Crippen LogP contribution in [-0.4, -0.2) is 31.9 Å². The third-order valence-electron chi connectivity index (χ3n) is 3.99. The lowest BCUT2D eigenvalue weighted by Gasteiger charge is -2.26. The van der Waals surface area contributed by atoms with Gasteiger partial charge in [0.1, 0.15) is 11.6 Å². The third-order valence-corrected chi connectivity index (χ3v) is 3.99. The summed E-state index contributed by atoms with van der Waals surface area (Å²) in [6, 6.07) is 9.14. The molecule has 1 N–H and O–H groups in total. The van der Waals surface area contributed by atoms with E-state index in [1.165, 1.54) is 6.26 Å². The quantitative estimate of drug-likeness (QED) is 0.796. The summed E-state index contributed by atoms with van der Waals surface area (Å²) in [7, 11) is 0. The number of aromatic nitrogens is 3. The Morgan fingerprint density at radius 3 is 3.00 bits per heavy atom. The van der Waals surface area contributed by atoms with E-state index in [1.807, 2.05) is 24.4 Å². The molecule has 4 rings (SSSR count). The number of nitrogens with one attached hydrogen (secondary N) is 1. The van der Waals surface area contributed by atoms with Gasteiger partial charge in [-0.05, 0) is 24.3 Å². The average Bonchev–Trinajstić information content (AvgIpc) is 3.29. The summed E-state index contributed by atoms with van der Waals surface area (Å²) in [5, 5.41) is 3.24. The Morgan fingerprint density at radius 1 is 1.25 bits per heavy atom. The summed E-state index contributed by atoms with van der Waals surface area (Å²) in [6.45, 7) is 2.47. The van der Waals surface area contributed by atoms with Crippen molar-refractivity contribution in [3.05, 3.63) is 66.3 Å². The Morgan fingerprint density at radius 2 is 2.21 bits per heavy atom. The molecule has 3 aromatic heterocycles. The van der Waals surface area contributed by atoms with Crippen molar-refractivity contribution in [3.63, 3.8) is 0 Å². The Labute approximate surface area is 138 Å². The summed E-state index contributed by atoms with van der Waals surface area (Å²) in [5.74, 6) is 1.98. The molecule has 0 atom stereocenters. The number of carbonyl (C=O) groups is 1. The van der Waals surface area contributed by atoms with Gasteiger partial charge in [0.05, 0.1) is 25.0 Å². The number of carbonyl (C=O) groups excluding carboxylic acids is 1. The van der Waals surface area contributed by atoms with Crippen LogP contribution in [0.25, 0.3) is 0 Å². The second-order valence-electron chi connectivity index (χ2n) is 5.61. The van der Waals surface area contributed by atoms with E-state index in [4.69, 9.17) is 4.42 Å². The van der Waals surface area contributed by atoms with Crippen LogP contribution in [0.4, 0.5) is 5.82 Å². The molecular formula is C17H17N5O2. The highest BCUT2D eigenvalue weighted by Crippen LogP contribution is 2.16. The summed E-state index contributed by atoms with van der Waals surface area (Å²) in [6.07, 6.45) is 5.29. The van der Waals surface area contributed by atoms with E-state index in [1.54, 1.807) is 23.2 Å². The van der Waals surface area contributed by atoms with Crippen LogP contribution in [0.2, 0.25) is 0 Å². The highest BCUT2D eigenvalue weighted by Gasteiger charge is 2.24. The second-order valence-corrected chi connectivity index (χ2v) is 5.61. The zero-order valence-corrected chi connectivity index (χ0v) is 13.1. The monoisotopic (exact) mass is 323 g/mol. The van der Waals surface area contributed by atoms with Crippen molar-refractivity contribution in [2.45, 2.75) is 19.6 Å². The largest absolute Gasteiger partial charge is 0.459 e. The first-order valence-corrected chi connectivity index (χ1v) is 7.82. The first-order valence-electron chi connectivity index (χ1n) is 7.82. The fraction of sp³-hybridized carbons (Fsp3) is 0.235. The van der Waals surface area contributed by atoms with Crippen LogP contribution in [0.15, 0.2) is 53.4 Å². The zero-order chi connectivity index (χ0) is 16.4. The number of imidazole rings is 1. The van der Waals surface area contributed by atoms with Crippen LogP contribution >= 0.6 is 0 Å². The molecule has 7 nitrogen and oxygen atoms in total. The molecule has 4 heterocycles. The minimum absolute atomic E-state index is 0.0950. The molecule has 0 saturated heterocycles. The molecule has 0 spiro atoms. The smallest absolute Gasteiger partial charge is 0.290 e. The number of hydrogen-bond donors (Lipinski definition) is 1. The molecule has 122 valence electrons. The molecular weight excluding hydrogens is 306 g/mol. The van der Waals surface area contributed by atoms with Gasteiger partial charge in [-0.1, -0.05) is 6.07 Å². The van der Waals surface area contributed by atoms with Gasteiger partial charge in [-0.3, -0.25) is 4.79 Å². The van der Waals surface area contributed by atoms with Gasteiger partial charge in [0.15, 0.2) is 5.76 Å². The molecule has 0 fully saturated rings. The van der Waals surface area contributed by atoms with E-state index < -0.39 is 0 Å². The molecule has 7 heteroatoms. The summed E-state index contributed by atoms with van der Waals surface area (Å²) >= 11 is 0. The fourth-order valence-corrected chi connectivity index (χ4v) is 2.77. The van der Waals surface area contributed by atoms with Gasteiger partial charge in [0.2, 0.25) is 0 Å². The molecule has 0 bridgehead atoms. The fourth-order valence-electron chi connectivity index (χ4n) is 2.77. The maximum absolute atomic E-state index is 12.4. The molecule has 1 amide bonds. The van der Waals surface area contributed by atoms with E-state index in [-0.39, 0.29) is 5.91 Å². The van der Waals surface area contributed by atoms with Crippen LogP contribution in [0.1, 0.15) is 22.1 Å². The predicted octanol–water partition coefficient (Wildman–Crippen LogP) is 2.14. The van der Waals surface area contributed by atoms with Gasteiger partial charge < -0.3 is 19.2 Å². The molecule has 1 aliphatic heterocycles. The van der Waals surface area contributed by atoms with E-state index >= 15 is 0 Å².